The molecule has 2 fully saturated rings. The van der Waals surface area contributed by atoms with E-state index in [1.807, 2.05) is 5.43 Å². The average molecular weight is 296 g/mol. The van der Waals surface area contributed by atoms with Gasteiger partial charge in [0.05, 0.1) is 0 Å². The van der Waals surface area contributed by atoms with Gasteiger partial charge >= 0.3 is 5.97 Å². The summed E-state index contributed by atoms with van der Waals surface area (Å²) >= 11 is 0. The largest absolute Gasteiger partial charge is 0.479 e. The standard InChI is InChI=1S/C5H10N2O2.C5H8O3.H4N2.H2O/c6-7-5(8)4-2-1-3-9-4;6-5(7)4-2-1-3-8-4;1-2;/h4H,1-3,6H2,(H,7,8);4H,1-3H2,(H,6,7);1-2H2;1H2/t2*4-;;/m00../s1. The number of carboxylic acids is 1. The molecule has 0 bridgehead atoms. The number of carbonyl (C=O) groups excluding carboxylic acids is 1. The Balaban J connectivity index is 0. The average Bonchev–Trinajstić information content (AvgIpc) is 3.13. The third-order valence-corrected chi connectivity index (χ3v) is 2.57. The topological polar surface area (TPSA) is 194 Å². The Kier molecular flexibility index (Phi) is 13.4. The Morgan fingerprint density at radius 3 is 1.75 bits per heavy atom. The zero-order valence-electron chi connectivity index (χ0n) is 11.2. The summed E-state index contributed by atoms with van der Waals surface area (Å²) in [6, 6.07) is 0. The van der Waals surface area contributed by atoms with Crippen molar-refractivity contribution in [2.45, 2.75) is 37.9 Å². The molecule has 0 aromatic rings. The molecule has 0 radical (unpaired) electrons. The smallest absolute Gasteiger partial charge is 0.332 e. The van der Waals surface area contributed by atoms with Crippen molar-refractivity contribution >= 4 is 11.9 Å². The van der Waals surface area contributed by atoms with Gasteiger partial charge in [-0.25, -0.2) is 10.6 Å². The van der Waals surface area contributed by atoms with E-state index in [1.165, 1.54) is 0 Å². The van der Waals surface area contributed by atoms with Gasteiger partial charge in [0.1, 0.15) is 6.10 Å². The molecule has 10 heteroatoms. The van der Waals surface area contributed by atoms with Crippen molar-refractivity contribution < 1.29 is 29.6 Å². The summed E-state index contributed by atoms with van der Waals surface area (Å²) < 4.78 is 9.83. The summed E-state index contributed by atoms with van der Waals surface area (Å²) in [5.74, 6) is 11.8. The van der Waals surface area contributed by atoms with Gasteiger partial charge in [0.15, 0.2) is 6.10 Å². The van der Waals surface area contributed by atoms with Crippen LogP contribution in [-0.2, 0) is 19.1 Å². The number of nitrogens with two attached hydrogens (primary N) is 3. The lowest BCUT2D eigenvalue weighted by Gasteiger charge is -2.04. The van der Waals surface area contributed by atoms with Crippen LogP contribution in [-0.4, -0.2) is 47.9 Å². The number of nitrogens with one attached hydrogen (secondary N) is 1. The van der Waals surface area contributed by atoms with Gasteiger partial charge in [-0.15, -0.1) is 0 Å². The van der Waals surface area contributed by atoms with Gasteiger partial charge in [-0.3, -0.25) is 21.9 Å². The van der Waals surface area contributed by atoms with E-state index in [1.54, 1.807) is 0 Å². The second kappa shape index (κ2) is 12.7. The van der Waals surface area contributed by atoms with Crippen LogP contribution >= 0.6 is 0 Å². The van der Waals surface area contributed by atoms with Crippen LogP contribution in [0.5, 0.6) is 0 Å². The fourth-order valence-corrected chi connectivity index (χ4v) is 1.65. The summed E-state index contributed by atoms with van der Waals surface area (Å²) in [7, 11) is 0. The van der Waals surface area contributed by atoms with E-state index in [2.05, 4.69) is 11.7 Å². The molecule has 120 valence electrons. The quantitative estimate of drug-likeness (QED) is 0.208. The lowest BCUT2D eigenvalue weighted by molar-refractivity contribution is -0.147. The predicted octanol–water partition coefficient (Wildman–Crippen LogP) is -2.60. The Hall–Kier alpha value is -1.30. The summed E-state index contributed by atoms with van der Waals surface area (Å²) in [5, 5.41) is 8.29. The molecule has 0 saturated carbocycles. The molecule has 0 aromatic heterocycles. The molecule has 2 atom stereocenters. The highest BCUT2D eigenvalue weighted by atomic mass is 16.5. The van der Waals surface area contributed by atoms with Crippen molar-refractivity contribution in [1.29, 1.82) is 0 Å². The third-order valence-electron chi connectivity index (χ3n) is 2.57. The molecule has 2 aliphatic rings. The van der Waals surface area contributed by atoms with Gasteiger partial charge in [-0.1, -0.05) is 0 Å². The minimum Gasteiger partial charge on any atom is -0.479 e. The van der Waals surface area contributed by atoms with Gasteiger partial charge in [0.25, 0.3) is 5.91 Å². The lowest BCUT2D eigenvalue weighted by atomic mass is 10.2. The zero-order valence-corrected chi connectivity index (χ0v) is 11.2. The van der Waals surface area contributed by atoms with Crippen LogP contribution < -0.4 is 23.0 Å². The van der Waals surface area contributed by atoms with E-state index in [4.69, 9.17) is 20.4 Å². The van der Waals surface area contributed by atoms with Crippen LogP contribution in [0.25, 0.3) is 0 Å². The number of aliphatic carboxylic acids is 1. The maximum Gasteiger partial charge on any atom is 0.332 e. The number of carbonyl (C=O) groups is 2. The van der Waals surface area contributed by atoms with Crippen LogP contribution in [0.4, 0.5) is 0 Å². The van der Waals surface area contributed by atoms with Gasteiger partial charge in [0, 0.05) is 13.2 Å². The van der Waals surface area contributed by atoms with Crippen molar-refractivity contribution in [2.75, 3.05) is 13.2 Å². The van der Waals surface area contributed by atoms with Crippen molar-refractivity contribution in [1.82, 2.24) is 5.43 Å². The number of hydrazine groups is 2. The molecule has 10 N–H and O–H groups in total. The Bertz CT molecular complexity index is 266. The van der Waals surface area contributed by atoms with E-state index in [0.717, 1.165) is 19.3 Å². The Morgan fingerprint density at radius 1 is 1.05 bits per heavy atom. The molecule has 10 nitrogen and oxygen atoms in total. The van der Waals surface area contributed by atoms with Gasteiger partial charge in [-0.2, -0.15) is 0 Å². The monoisotopic (exact) mass is 296 g/mol. The van der Waals surface area contributed by atoms with E-state index < -0.39 is 12.1 Å². The molecule has 0 spiro atoms. The van der Waals surface area contributed by atoms with E-state index in [9.17, 15) is 9.59 Å². The number of hydrogen-bond donors (Lipinski definition) is 5. The molecule has 2 aliphatic heterocycles. The van der Waals surface area contributed by atoms with Gasteiger partial charge in [-0.05, 0) is 25.7 Å². The molecule has 0 aliphatic carbocycles. The molecular weight excluding hydrogens is 272 g/mol. The van der Waals surface area contributed by atoms with Gasteiger partial charge < -0.3 is 20.1 Å². The molecule has 2 saturated heterocycles. The highest BCUT2D eigenvalue weighted by Crippen LogP contribution is 2.11. The van der Waals surface area contributed by atoms with Crippen molar-refractivity contribution in [3.8, 4) is 0 Å². The SMILES string of the molecule is NN.NNC(=O)[C@@H]1CCCO1.O.O=C(O)[C@@H]1CCCO1. The van der Waals surface area contributed by atoms with E-state index in [-0.39, 0.29) is 17.5 Å². The molecular formula is C10H24N4O6. The minimum absolute atomic E-state index is 0. The highest BCUT2D eigenvalue weighted by molar-refractivity contribution is 5.80. The lowest BCUT2D eigenvalue weighted by Crippen LogP contribution is -2.38. The molecule has 2 rings (SSSR count). The first-order valence-corrected chi connectivity index (χ1v) is 5.95. The molecule has 2 heterocycles. The first-order valence-electron chi connectivity index (χ1n) is 5.95. The summed E-state index contributed by atoms with van der Waals surface area (Å²) in [4.78, 5) is 20.7. The Morgan fingerprint density at radius 2 is 1.50 bits per heavy atom. The first kappa shape index (κ1) is 21.0. The Labute approximate surface area is 116 Å². The number of hydrogen-bond acceptors (Lipinski definition) is 7. The van der Waals surface area contributed by atoms with Crippen LogP contribution in [0, 0.1) is 0 Å². The fraction of sp³-hybridized carbons (Fsp3) is 0.800. The predicted molar refractivity (Wildman–Crippen MR) is 69.9 cm³/mol. The number of rotatable bonds is 2. The number of carboxylic acid groups (broad SMARTS) is 1. The normalized spacial score (nSPS) is 23.4. The van der Waals surface area contributed by atoms with Crippen molar-refractivity contribution in [3.63, 3.8) is 0 Å². The second-order valence-corrected chi connectivity index (χ2v) is 3.85. The molecule has 20 heavy (non-hydrogen) atoms. The highest BCUT2D eigenvalue weighted by Gasteiger charge is 2.22. The van der Waals surface area contributed by atoms with E-state index >= 15 is 0 Å². The summed E-state index contributed by atoms with van der Waals surface area (Å²) in [6.45, 7) is 1.29. The van der Waals surface area contributed by atoms with Crippen LogP contribution in [0.3, 0.4) is 0 Å². The molecule has 0 aromatic carbocycles. The third kappa shape index (κ3) is 7.99. The van der Waals surface area contributed by atoms with Crippen molar-refractivity contribution in [2.24, 2.45) is 17.5 Å². The first-order chi connectivity index (χ1) is 9.15. The summed E-state index contributed by atoms with van der Waals surface area (Å²) in [6.07, 6.45) is 2.50. The number of amides is 1. The maximum absolute atomic E-state index is 10.7. The van der Waals surface area contributed by atoms with Crippen LogP contribution in [0.1, 0.15) is 25.7 Å². The second-order valence-electron chi connectivity index (χ2n) is 3.85. The molecule has 0 unspecified atom stereocenters. The van der Waals surface area contributed by atoms with Gasteiger partial charge in [0.2, 0.25) is 0 Å². The van der Waals surface area contributed by atoms with Crippen LogP contribution in [0.2, 0.25) is 0 Å². The fourth-order valence-electron chi connectivity index (χ4n) is 1.65. The molecule has 1 amide bonds. The maximum atomic E-state index is 10.7. The minimum atomic E-state index is -0.831. The summed E-state index contributed by atoms with van der Waals surface area (Å²) in [5.41, 5.74) is 2.04. The van der Waals surface area contributed by atoms with Crippen molar-refractivity contribution in [3.05, 3.63) is 0 Å². The number of ether oxygens (including phenoxy) is 2. The van der Waals surface area contributed by atoms with Crippen LogP contribution in [0.15, 0.2) is 0 Å². The zero-order chi connectivity index (χ0) is 14.7. The van der Waals surface area contributed by atoms with E-state index in [0.29, 0.717) is 19.6 Å².